The molecular weight excluding hydrogens is 320 g/mol. The Hall–Kier alpha value is -0.530. The third-order valence-corrected chi connectivity index (χ3v) is 9.94. The van der Waals surface area contributed by atoms with Crippen molar-refractivity contribution in [2.75, 3.05) is 7.11 Å². The molecule has 0 saturated heterocycles. The molecule has 0 radical (unpaired) electrons. The van der Waals surface area contributed by atoms with E-state index in [-0.39, 0.29) is 5.97 Å². The lowest BCUT2D eigenvalue weighted by Crippen LogP contribution is -2.52. The van der Waals surface area contributed by atoms with Gasteiger partial charge in [-0.2, -0.15) is 0 Å². The molecule has 0 heterocycles. The van der Waals surface area contributed by atoms with Crippen molar-refractivity contribution < 1.29 is 9.53 Å². The van der Waals surface area contributed by atoms with Crippen molar-refractivity contribution in [3.63, 3.8) is 0 Å². The van der Waals surface area contributed by atoms with Crippen LogP contribution in [0.3, 0.4) is 0 Å². The first-order chi connectivity index (χ1) is 12.5. The van der Waals surface area contributed by atoms with Crippen molar-refractivity contribution in [1.82, 2.24) is 0 Å². The zero-order chi connectivity index (χ0) is 18.4. The van der Waals surface area contributed by atoms with Crippen LogP contribution < -0.4 is 0 Å². The lowest BCUT2D eigenvalue weighted by atomic mass is 9.45. The monoisotopic (exact) mass is 360 g/mol. The van der Waals surface area contributed by atoms with Gasteiger partial charge in [0.25, 0.3) is 0 Å². The molecule has 0 bridgehead atoms. The third-order valence-electron chi connectivity index (χ3n) is 9.94. The second kappa shape index (κ2) is 7.13. The second-order valence-corrected chi connectivity index (χ2v) is 10.7. The summed E-state index contributed by atoms with van der Waals surface area (Å²) in [6.45, 7) is 5.30. The van der Waals surface area contributed by atoms with E-state index in [0.29, 0.717) is 17.3 Å². The molecule has 0 aliphatic heterocycles. The predicted octanol–water partition coefficient (Wildman–Crippen LogP) is 6.38. The molecule has 0 amide bonds. The van der Waals surface area contributed by atoms with Gasteiger partial charge in [0.1, 0.15) is 0 Å². The fraction of sp³-hybridized carbons (Fsp3) is 0.958. The van der Waals surface area contributed by atoms with Gasteiger partial charge in [-0.05, 0) is 105 Å². The van der Waals surface area contributed by atoms with Gasteiger partial charge < -0.3 is 4.74 Å². The molecule has 3 unspecified atom stereocenters. The van der Waals surface area contributed by atoms with Gasteiger partial charge in [0.05, 0.1) is 7.11 Å². The molecule has 4 aliphatic rings. The first-order valence-corrected chi connectivity index (χ1v) is 11.6. The quantitative estimate of drug-likeness (QED) is 0.544. The number of hydrogen-bond acceptors (Lipinski definition) is 2. The van der Waals surface area contributed by atoms with Gasteiger partial charge in [-0.1, -0.05) is 26.7 Å². The average molecular weight is 361 g/mol. The van der Waals surface area contributed by atoms with Crippen LogP contribution >= 0.6 is 0 Å². The molecule has 0 spiro atoms. The first-order valence-electron chi connectivity index (χ1n) is 11.6. The maximum Gasteiger partial charge on any atom is 0.305 e. The van der Waals surface area contributed by atoms with Crippen LogP contribution in [-0.2, 0) is 9.53 Å². The van der Waals surface area contributed by atoms with Crippen molar-refractivity contribution in [3.8, 4) is 0 Å². The number of methoxy groups -OCH3 is 1. The molecule has 26 heavy (non-hydrogen) atoms. The molecule has 0 aromatic carbocycles. The van der Waals surface area contributed by atoms with Crippen LogP contribution in [0.5, 0.6) is 0 Å². The van der Waals surface area contributed by atoms with Crippen molar-refractivity contribution in [2.24, 2.45) is 40.4 Å². The van der Waals surface area contributed by atoms with Crippen LogP contribution in [0.15, 0.2) is 0 Å². The molecule has 4 aliphatic carbocycles. The first kappa shape index (κ1) is 18.8. The summed E-state index contributed by atoms with van der Waals surface area (Å²) in [6.07, 6.45) is 17.7. The molecule has 4 fully saturated rings. The molecule has 0 N–H and O–H groups in total. The SMILES string of the molecule is COC(=O)CCC[C@H]1CCC2C3CC[C@@H]4CCCC[C@]4(C)C3CC[C@@]21C. The normalized spacial score (nSPS) is 47.6. The smallest absolute Gasteiger partial charge is 0.305 e. The molecule has 2 heteroatoms. The average Bonchev–Trinajstić information content (AvgIpc) is 2.97. The summed E-state index contributed by atoms with van der Waals surface area (Å²) in [4.78, 5) is 11.5. The van der Waals surface area contributed by atoms with E-state index in [1.165, 1.54) is 77.7 Å². The Morgan fingerprint density at radius 1 is 0.923 bits per heavy atom. The van der Waals surface area contributed by atoms with Crippen molar-refractivity contribution in [1.29, 1.82) is 0 Å². The van der Waals surface area contributed by atoms with Gasteiger partial charge in [-0.3, -0.25) is 4.79 Å². The minimum absolute atomic E-state index is 0.0306. The highest BCUT2D eigenvalue weighted by Crippen LogP contribution is 2.67. The molecule has 4 saturated carbocycles. The van der Waals surface area contributed by atoms with Gasteiger partial charge in [0, 0.05) is 6.42 Å². The van der Waals surface area contributed by atoms with E-state index in [9.17, 15) is 4.79 Å². The molecule has 4 rings (SSSR count). The number of ether oxygens (including phenoxy) is 1. The van der Waals surface area contributed by atoms with E-state index in [1.54, 1.807) is 0 Å². The Morgan fingerprint density at radius 3 is 2.54 bits per heavy atom. The molecule has 0 aromatic rings. The Bertz CT molecular complexity index is 528. The maximum atomic E-state index is 11.5. The van der Waals surface area contributed by atoms with Crippen molar-refractivity contribution in [2.45, 2.75) is 97.3 Å². The number of hydrogen-bond donors (Lipinski definition) is 0. The summed E-state index contributed by atoms with van der Waals surface area (Å²) in [7, 11) is 1.51. The molecule has 148 valence electrons. The van der Waals surface area contributed by atoms with Crippen LogP contribution in [0.25, 0.3) is 0 Å². The maximum absolute atomic E-state index is 11.5. The van der Waals surface area contributed by atoms with Crippen molar-refractivity contribution >= 4 is 5.97 Å². The second-order valence-electron chi connectivity index (χ2n) is 10.7. The molecule has 7 atom stereocenters. The number of rotatable bonds is 4. The highest BCUT2D eigenvalue weighted by Gasteiger charge is 2.59. The van der Waals surface area contributed by atoms with Crippen molar-refractivity contribution in [3.05, 3.63) is 0 Å². The minimum atomic E-state index is -0.0306. The molecule has 0 aromatic heterocycles. The zero-order valence-electron chi connectivity index (χ0n) is 17.4. The van der Waals surface area contributed by atoms with E-state index in [4.69, 9.17) is 4.74 Å². The number of carbonyl (C=O) groups excluding carboxylic acids is 1. The van der Waals surface area contributed by atoms with Crippen LogP contribution in [0, 0.1) is 40.4 Å². The fourth-order valence-corrected chi connectivity index (χ4v) is 8.47. The van der Waals surface area contributed by atoms with Gasteiger partial charge in [0.2, 0.25) is 0 Å². The summed E-state index contributed by atoms with van der Waals surface area (Å²) < 4.78 is 4.84. The van der Waals surface area contributed by atoms with Gasteiger partial charge in [-0.25, -0.2) is 0 Å². The van der Waals surface area contributed by atoms with E-state index >= 15 is 0 Å². The Balaban J connectivity index is 1.45. The topological polar surface area (TPSA) is 26.3 Å². The van der Waals surface area contributed by atoms with Crippen LogP contribution in [0.4, 0.5) is 0 Å². The standard InChI is InChI=1S/C24H40O2/c1-23-15-5-4-7-17(23)10-12-19-20-13-11-18(8-6-9-22(25)26-3)24(20,2)16-14-21(19)23/h17-21H,4-16H2,1-3H3/t17-,18-,19?,20?,21?,23-,24+/m0/s1. The Kier molecular flexibility index (Phi) is 5.16. The van der Waals surface area contributed by atoms with Crippen LogP contribution in [0.2, 0.25) is 0 Å². The van der Waals surface area contributed by atoms with E-state index in [0.717, 1.165) is 36.0 Å². The molecular formula is C24H40O2. The predicted molar refractivity (Wildman–Crippen MR) is 106 cm³/mol. The minimum Gasteiger partial charge on any atom is -0.469 e. The van der Waals surface area contributed by atoms with E-state index in [2.05, 4.69) is 13.8 Å². The third kappa shape index (κ3) is 2.94. The highest BCUT2D eigenvalue weighted by atomic mass is 16.5. The molecule has 2 nitrogen and oxygen atoms in total. The lowest BCUT2D eigenvalue weighted by Gasteiger charge is -2.60. The summed E-state index contributed by atoms with van der Waals surface area (Å²) in [5, 5.41) is 0. The summed E-state index contributed by atoms with van der Waals surface area (Å²) in [5.74, 6) is 4.81. The van der Waals surface area contributed by atoms with Gasteiger partial charge in [0.15, 0.2) is 0 Å². The largest absolute Gasteiger partial charge is 0.469 e. The fourth-order valence-electron chi connectivity index (χ4n) is 8.47. The van der Waals surface area contributed by atoms with Gasteiger partial charge >= 0.3 is 5.97 Å². The summed E-state index contributed by atoms with van der Waals surface area (Å²) in [6, 6.07) is 0. The number of esters is 1. The number of fused-ring (bicyclic) bond motifs is 5. The van der Waals surface area contributed by atoms with Crippen LogP contribution in [-0.4, -0.2) is 13.1 Å². The summed E-state index contributed by atoms with van der Waals surface area (Å²) >= 11 is 0. The van der Waals surface area contributed by atoms with Crippen LogP contribution in [0.1, 0.15) is 97.3 Å². The lowest BCUT2D eigenvalue weighted by molar-refractivity contribution is -0.140. The number of carbonyl (C=O) groups is 1. The Labute approximate surface area is 160 Å². The summed E-state index contributed by atoms with van der Waals surface area (Å²) in [5.41, 5.74) is 1.21. The van der Waals surface area contributed by atoms with E-state index < -0.39 is 0 Å². The van der Waals surface area contributed by atoms with E-state index in [1.807, 2.05) is 0 Å². The van der Waals surface area contributed by atoms with Gasteiger partial charge in [-0.15, -0.1) is 0 Å². The highest BCUT2D eigenvalue weighted by molar-refractivity contribution is 5.68. The Morgan fingerprint density at radius 2 is 1.73 bits per heavy atom. The zero-order valence-corrected chi connectivity index (χ0v) is 17.4.